The van der Waals surface area contributed by atoms with Gasteiger partial charge in [-0.05, 0) is 31.1 Å². The molecule has 0 bridgehead atoms. The first-order valence-corrected chi connectivity index (χ1v) is 7.23. The molecule has 2 aliphatic rings. The van der Waals surface area contributed by atoms with Crippen LogP contribution in [0.5, 0.6) is 0 Å². The van der Waals surface area contributed by atoms with E-state index >= 15 is 0 Å². The van der Waals surface area contributed by atoms with E-state index < -0.39 is 5.54 Å². The maximum absolute atomic E-state index is 12.0. The van der Waals surface area contributed by atoms with E-state index in [1.165, 1.54) is 6.42 Å². The Morgan fingerprint density at radius 2 is 2.17 bits per heavy atom. The lowest BCUT2D eigenvalue weighted by molar-refractivity contribution is -0.129. The molecule has 0 aromatic rings. The van der Waals surface area contributed by atoms with Gasteiger partial charge < -0.3 is 15.8 Å². The summed E-state index contributed by atoms with van der Waals surface area (Å²) in [4.78, 5) is 12.0. The van der Waals surface area contributed by atoms with Gasteiger partial charge in [-0.3, -0.25) is 4.79 Å². The maximum atomic E-state index is 12.0. The summed E-state index contributed by atoms with van der Waals surface area (Å²) in [6, 6.07) is 0. The molecule has 2 rings (SSSR count). The van der Waals surface area contributed by atoms with Crippen LogP contribution in [0.15, 0.2) is 0 Å². The predicted octanol–water partition coefficient (Wildman–Crippen LogP) is 1.44. The third-order valence-corrected chi connectivity index (χ3v) is 4.97. The first-order valence-electron chi connectivity index (χ1n) is 7.23. The number of amides is 1. The molecule has 1 amide bonds. The van der Waals surface area contributed by atoms with E-state index in [-0.39, 0.29) is 12.0 Å². The van der Waals surface area contributed by atoms with Gasteiger partial charge in [-0.15, -0.1) is 0 Å². The number of primary amides is 1. The molecule has 1 aliphatic heterocycles. The van der Waals surface area contributed by atoms with E-state index in [1.807, 2.05) is 0 Å². The van der Waals surface area contributed by atoms with E-state index in [9.17, 15) is 4.79 Å². The van der Waals surface area contributed by atoms with E-state index in [1.54, 1.807) is 0 Å². The van der Waals surface area contributed by atoms with Crippen LogP contribution in [0, 0.1) is 11.8 Å². The number of nitrogens with one attached hydrogen (secondary N) is 1. The van der Waals surface area contributed by atoms with Gasteiger partial charge in [0.2, 0.25) is 5.91 Å². The van der Waals surface area contributed by atoms with Crippen LogP contribution in [0.4, 0.5) is 0 Å². The second kappa shape index (κ2) is 5.57. The van der Waals surface area contributed by atoms with Crippen molar-refractivity contribution in [3.05, 3.63) is 0 Å². The van der Waals surface area contributed by atoms with Crippen molar-refractivity contribution in [2.75, 3.05) is 13.2 Å². The summed E-state index contributed by atoms with van der Waals surface area (Å²) >= 11 is 0. The molecule has 1 saturated carbocycles. The summed E-state index contributed by atoms with van der Waals surface area (Å²) in [5.41, 5.74) is 5.17. The van der Waals surface area contributed by atoms with Gasteiger partial charge in [-0.2, -0.15) is 0 Å². The van der Waals surface area contributed by atoms with Crippen LogP contribution in [0.25, 0.3) is 0 Å². The Morgan fingerprint density at radius 1 is 1.39 bits per heavy atom. The molecule has 104 valence electrons. The van der Waals surface area contributed by atoms with Crippen molar-refractivity contribution in [2.45, 2.75) is 57.6 Å². The lowest BCUT2D eigenvalue weighted by atomic mass is 9.68. The SMILES string of the molecule is CC1CCCC(NCC2CCCO2)(C(N)=O)C1C. The van der Waals surface area contributed by atoms with Crippen LogP contribution in [-0.4, -0.2) is 30.7 Å². The van der Waals surface area contributed by atoms with Crippen molar-refractivity contribution in [3.8, 4) is 0 Å². The third kappa shape index (κ3) is 2.54. The Bertz CT molecular complexity index is 302. The number of carbonyl (C=O) groups excluding carboxylic acids is 1. The zero-order chi connectivity index (χ0) is 13.2. The maximum Gasteiger partial charge on any atom is 0.238 e. The van der Waals surface area contributed by atoms with Crippen LogP contribution in [-0.2, 0) is 9.53 Å². The lowest BCUT2D eigenvalue weighted by Gasteiger charge is -2.44. The van der Waals surface area contributed by atoms with Crippen LogP contribution in [0.3, 0.4) is 0 Å². The molecule has 4 unspecified atom stereocenters. The highest BCUT2D eigenvalue weighted by Crippen LogP contribution is 2.37. The molecule has 3 N–H and O–H groups in total. The lowest BCUT2D eigenvalue weighted by Crippen LogP contribution is -2.63. The molecule has 1 aliphatic carbocycles. The second-order valence-electron chi connectivity index (χ2n) is 6.01. The largest absolute Gasteiger partial charge is 0.377 e. The first kappa shape index (κ1) is 13.8. The van der Waals surface area contributed by atoms with E-state index in [0.717, 1.165) is 38.8 Å². The Kier molecular flexibility index (Phi) is 4.28. The van der Waals surface area contributed by atoms with Crippen molar-refractivity contribution in [2.24, 2.45) is 17.6 Å². The molecule has 4 heteroatoms. The summed E-state index contributed by atoms with van der Waals surface area (Å²) in [5, 5.41) is 3.46. The average molecular weight is 254 g/mol. The standard InChI is InChI=1S/C14H26N2O2/c1-10-5-3-7-14(11(10)2,13(15)17)16-9-12-6-4-8-18-12/h10-12,16H,3-9H2,1-2H3,(H2,15,17). The van der Waals surface area contributed by atoms with Gasteiger partial charge in [-0.25, -0.2) is 0 Å². The van der Waals surface area contributed by atoms with Gasteiger partial charge in [0.15, 0.2) is 0 Å². The van der Waals surface area contributed by atoms with Gasteiger partial charge in [0.05, 0.1) is 6.10 Å². The summed E-state index contributed by atoms with van der Waals surface area (Å²) in [5.74, 6) is 0.646. The topological polar surface area (TPSA) is 64.3 Å². The van der Waals surface area contributed by atoms with Crippen molar-refractivity contribution >= 4 is 5.91 Å². The third-order valence-electron chi connectivity index (χ3n) is 4.97. The highest BCUT2D eigenvalue weighted by Gasteiger charge is 2.46. The number of ether oxygens (including phenoxy) is 1. The van der Waals surface area contributed by atoms with Crippen molar-refractivity contribution in [1.29, 1.82) is 0 Å². The fourth-order valence-corrected chi connectivity index (χ4v) is 3.45. The fourth-order valence-electron chi connectivity index (χ4n) is 3.45. The monoisotopic (exact) mass is 254 g/mol. The van der Waals surface area contributed by atoms with E-state index in [0.29, 0.717) is 11.8 Å². The highest BCUT2D eigenvalue weighted by molar-refractivity contribution is 5.85. The molecule has 0 aromatic carbocycles. The van der Waals surface area contributed by atoms with Gasteiger partial charge in [0.25, 0.3) is 0 Å². The number of carbonyl (C=O) groups is 1. The van der Waals surface area contributed by atoms with Gasteiger partial charge >= 0.3 is 0 Å². The number of rotatable bonds is 4. The first-order chi connectivity index (χ1) is 8.56. The Labute approximate surface area is 110 Å². The molecule has 1 heterocycles. The molecule has 1 saturated heterocycles. The van der Waals surface area contributed by atoms with Gasteiger partial charge in [-0.1, -0.05) is 26.7 Å². The number of nitrogens with two attached hydrogens (primary N) is 1. The zero-order valence-electron chi connectivity index (χ0n) is 11.6. The van der Waals surface area contributed by atoms with Crippen LogP contribution in [0.1, 0.15) is 46.0 Å². The normalized spacial score (nSPS) is 40.9. The average Bonchev–Trinajstić information content (AvgIpc) is 2.84. The minimum atomic E-state index is -0.524. The van der Waals surface area contributed by atoms with Crippen LogP contribution >= 0.6 is 0 Å². The predicted molar refractivity (Wildman–Crippen MR) is 71.1 cm³/mol. The molecule has 0 aromatic heterocycles. The van der Waals surface area contributed by atoms with Crippen LogP contribution < -0.4 is 11.1 Å². The van der Waals surface area contributed by atoms with Crippen molar-refractivity contribution in [3.63, 3.8) is 0 Å². The summed E-state index contributed by atoms with van der Waals surface area (Å²) in [7, 11) is 0. The second-order valence-corrected chi connectivity index (χ2v) is 6.01. The van der Waals surface area contributed by atoms with Gasteiger partial charge in [0, 0.05) is 13.2 Å². The minimum absolute atomic E-state index is 0.195. The molecule has 0 spiro atoms. The molecule has 0 radical (unpaired) electrons. The summed E-state index contributed by atoms with van der Waals surface area (Å²) in [6.45, 7) is 5.97. The molecule has 2 fully saturated rings. The van der Waals surface area contributed by atoms with Crippen LogP contribution in [0.2, 0.25) is 0 Å². The highest BCUT2D eigenvalue weighted by atomic mass is 16.5. The Morgan fingerprint density at radius 3 is 2.78 bits per heavy atom. The molecule has 4 nitrogen and oxygen atoms in total. The summed E-state index contributed by atoms with van der Waals surface area (Å²) < 4.78 is 5.62. The summed E-state index contributed by atoms with van der Waals surface area (Å²) in [6.07, 6.45) is 5.60. The number of hydrogen-bond acceptors (Lipinski definition) is 3. The molecular formula is C14H26N2O2. The van der Waals surface area contributed by atoms with E-state index in [2.05, 4.69) is 19.2 Å². The Hall–Kier alpha value is -0.610. The van der Waals surface area contributed by atoms with Crippen molar-refractivity contribution < 1.29 is 9.53 Å². The molecule has 18 heavy (non-hydrogen) atoms. The minimum Gasteiger partial charge on any atom is -0.377 e. The smallest absolute Gasteiger partial charge is 0.238 e. The number of hydrogen-bond donors (Lipinski definition) is 2. The molecule has 4 atom stereocenters. The van der Waals surface area contributed by atoms with E-state index in [4.69, 9.17) is 10.5 Å². The zero-order valence-corrected chi connectivity index (χ0v) is 11.6. The molecular weight excluding hydrogens is 228 g/mol. The van der Waals surface area contributed by atoms with Crippen molar-refractivity contribution in [1.82, 2.24) is 5.32 Å². The Balaban J connectivity index is 2.03. The quantitative estimate of drug-likeness (QED) is 0.798. The van der Waals surface area contributed by atoms with Gasteiger partial charge in [0.1, 0.15) is 5.54 Å². The fraction of sp³-hybridized carbons (Fsp3) is 0.929.